The number of hydrogen-bond donors (Lipinski definition) is 1. The van der Waals surface area contributed by atoms with Gasteiger partial charge < -0.3 is 5.32 Å². The van der Waals surface area contributed by atoms with Gasteiger partial charge in [0.25, 0.3) is 0 Å². The molecule has 1 aromatic heterocycles. The lowest BCUT2D eigenvalue weighted by Gasteiger charge is -2.13. The molecule has 18 heavy (non-hydrogen) atoms. The molecule has 1 heterocycles. The summed E-state index contributed by atoms with van der Waals surface area (Å²) in [5.74, 6) is 0.368. The maximum absolute atomic E-state index is 11.1. The Morgan fingerprint density at radius 1 is 1.72 bits per heavy atom. The highest BCUT2D eigenvalue weighted by atomic mass is 32.2. The third-order valence-corrected chi connectivity index (χ3v) is 3.06. The molecule has 0 bridgehead atoms. The fourth-order valence-electron chi connectivity index (χ4n) is 1.46. The van der Waals surface area contributed by atoms with Gasteiger partial charge in [-0.15, -0.1) is 0 Å². The van der Waals surface area contributed by atoms with Gasteiger partial charge in [0.05, 0.1) is 4.92 Å². The van der Waals surface area contributed by atoms with Crippen LogP contribution in [0.1, 0.15) is 12.5 Å². The Hall–Kier alpha value is -2.01. The Bertz CT molecular complexity index is 526. The number of anilines is 1. The summed E-state index contributed by atoms with van der Waals surface area (Å²) in [5, 5.41) is 22.5. The standard InChI is InChI=1S/C10H12N4O3S/c1-7(6-18(2)17)13-10-9(14(15)16)8(5-11)3-4-12-10/h3-4,7H,6H2,1-2H3,(H,12,13). The van der Waals surface area contributed by atoms with Gasteiger partial charge in [0, 0.05) is 35.0 Å². The quantitative estimate of drug-likeness (QED) is 0.631. The number of rotatable bonds is 5. The van der Waals surface area contributed by atoms with Crippen LogP contribution in [0.2, 0.25) is 0 Å². The predicted molar refractivity (Wildman–Crippen MR) is 67.6 cm³/mol. The third-order valence-electron chi connectivity index (χ3n) is 2.10. The molecule has 1 aromatic rings. The van der Waals surface area contributed by atoms with Crippen molar-refractivity contribution in [1.29, 1.82) is 5.26 Å². The van der Waals surface area contributed by atoms with Gasteiger partial charge in [-0.1, -0.05) is 0 Å². The zero-order chi connectivity index (χ0) is 13.7. The van der Waals surface area contributed by atoms with Gasteiger partial charge in [-0.25, -0.2) is 4.98 Å². The van der Waals surface area contributed by atoms with E-state index in [1.54, 1.807) is 19.2 Å². The first-order valence-electron chi connectivity index (χ1n) is 5.05. The second kappa shape index (κ2) is 6.07. The normalized spacial score (nSPS) is 13.4. The van der Waals surface area contributed by atoms with E-state index in [1.807, 2.05) is 0 Å². The van der Waals surface area contributed by atoms with E-state index < -0.39 is 15.7 Å². The van der Waals surface area contributed by atoms with Gasteiger partial charge in [0.15, 0.2) is 0 Å². The fourth-order valence-corrected chi connectivity index (χ4v) is 2.25. The first-order valence-corrected chi connectivity index (χ1v) is 6.78. The second-order valence-corrected chi connectivity index (χ2v) is 5.19. The van der Waals surface area contributed by atoms with Crippen LogP contribution in [0.15, 0.2) is 12.3 Å². The minimum atomic E-state index is -1.02. The molecule has 0 aliphatic rings. The van der Waals surface area contributed by atoms with E-state index in [0.29, 0.717) is 5.75 Å². The Labute approximate surface area is 106 Å². The van der Waals surface area contributed by atoms with Gasteiger partial charge >= 0.3 is 5.69 Å². The Kier molecular flexibility index (Phi) is 4.74. The molecule has 2 unspecified atom stereocenters. The van der Waals surface area contributed by atoms with E-state index in [9.17, 15) is 14.3 Å². The minimum Gasteiger partial charge on any atom is -0.361 e. The largest absolute Gasteiger partial charge is 0.361 e. The van der Waals surface area contributed by atoms with Crippen LogP contribution in [0.4, 0.5) is 11.5 Å². The topological polar surface area (TPSA) is 109 Å². The minimum absolute atomic E-state index is 0.0250. The molecule has 0 radical (unpaired) electrons. The number of nitrogens with zero attached hydrogens (tertiary/aromatic N) is 3. The van der Waals surface area contributed by atoms with Crippen molar-refractivity contribution in [1.82, 2.24) is 4.98 Å². The van der Waals surface area contributed by atoms with E-state index >= 15 is 0 Å². The maximum atomic E-state index is 11.1. The van der Waals surface area contributed by atoms with Crippen LogP contribution in [0.5, 0.6) is 0 Å². The van der Waals surface area contributed by atoms with Gasteiger partial charge in [-0.3, -0.25) is 14.3 Å². The Balaban J connectivity index is 3.06. The van der Waals surface area contributed by atoms with Crippen molar-refractivity contribution < 1.29 is 9.13 Å². The molecule has 0 saturated heterocycles. The molecule has 0 aliphatic heterocycles. The van der Waals surface area contributed by atoms with Gasteiger partial charge in [-0.05, 0) is 13.0 Å². The monoisotopic (exact) mass is 268 g/mol. The van der Waals surface area contributed by atoms with Crippen molar-refractivity contribution in [2.24, 2.45) is 0 Å². The molecule has 0 aliphatic carbocycles. The SMILES string of the molecule is CC(CS(C)=O)Nc1nccc(C#N)c1[N+](=O)[O-]. The molecular formula is C10H12N4O3S. The zero-order valence-electron chi connectivity index (χ0n) is 9.91. The smallest absolute Gasteiger partial charge is 0.328 e. The van der Waals surface area contributed by atoms with Crippen molar-refractivity contribution in [2.75, 3.05) is 17.3 Å². The van der Waals surface area contributed by atoms with E-state index in [-0.39, 0.29) is 23.1 Å². The van der Waals surface area contributed by atoms with Crippen LogP contribution < -0.4 is 5.32 Å². The van der Waals surface area contributed by atoms with E-state index in [1.165, 1.54) is 12.3 Å². The number of hydrogen-bond acceptors (Lipinski definition) is 6. The molecule has 0 saturated carbocycles. The predicted octanol–water partition coefficient (Wildman–Crippen LogP) is 1.04. The average molecular weight is 268 g/mol. The molecule has 1 rings (SSSR count). The number of aromatic nitrogens is 1. The van der Waals surface area contributed by atoms with Crippen LogP contribution in [-0.2, 0) is 10.8 Å². The summed E-state index contributed by atoms with van der Waals surface area (Å²) in [4.78, 5) is 14.1. The van der Waals surface area contributed by atoms with Crippen LogP contribution >= 0.6 is 0 Å². The lowest BCUT2D eigenvalue weighted by Crippen LogP contribution is -2.23. The third kappa shape index (κ3) is 3.49. The van der Waals surface area contributed by atoms with Crippen molar-refractivity contribution in [3.05, 3.63) is 27.9 Å². The fraction of sp³-hybridized carbons (Fsp3) is 0.400. The summed E-state index contributed by atoms with van der Waals surface area (Å²) < 4.78 is 11.1. The van der Waals surface area contributed by atoms with Gasteiger partial charge in [0.1, 0.15) is 11.6 Å². The molecule has 1 N–H and O–H groups in total. The number of nitrogens with one attached hydrogen (secondary N) is 1. The molecule has 0 aromatic carbocycles. The van der Waals surface area contributed by atoms with E-state index in [2.05, 4.69) is 10.3 Å². The molecule has 0 fully saturated rings. The van der Waals surface area contributed by atoms with Crippen LogP contribution in [0.3, 0.4) is 0 Å². The maximum Gasteiger partial charge on any atom is 0.328 e. The number of pyridine rings is 1. The van der Waals surface area contributed by atoms with Crippen molar-refractivity contribution in [2.45, 2.75) is 13.0 Å². The highest BCUT2D eigenvalue weighted by molar-refractivity contribution is 7.84. The van der Waals surface area contributed by atoms with Crippen LogP contribution in [0.25, 0.3) is 0 Å². The summed E-state index contributed by atoms with van der Waals surface area (Å²) in [5.41, 5.74) is -0.406. The molecule has 7 nitrogen and oxygen atoms in total. The molecule has 2 atom stereocenters. The summed E-state index contributed by atoms with van der Waals surface area (Å²) in [6, 6.07) is 2.79. The summed E-state index contributed by atoms with van der Waals surface area (Å²) in [6.45, 7) is 1.74. The molecule has 0 spiro atoms. The molecular weight excluding hydrogens is 256 g/mol. The Morgan fingerprint density at radius 3 is 2.89 bits per heavy atom. The zero-order valence-corrected chi connectivity index (χ0v) is 10.7. The van der Waals surface area contributed by atoms with Crippen molar-refractivity contribution >= 4 is 22.3 Å². The summed E-state index contributed by atoms with van der Waals surface area (Å²) >= 11 is 0. The first-order chi connectivity index (χ1) is 8.45. The number of nitro groups is 1. The molecule has 0 amide bonds. The van der Waals surface area contributed by atoms with Crippen LogP contribution in [-0.4, -0.2) is 32.2 Å². The van der Waals surface area contributed by atoms with Crippen LogP contribution in [0, 0.1) is 21.4 Å². The van der Waals surface area contributed by atoms with E-state index in [0.717, 1.165) is 0 Å². The van der Waals surface area contributed by atoms with E-state index in [4.69, 9.17) is 5.26 Å². The second-order valence-electron chi connectivity index (χ2n) is 3.71. The highest BCUT2D eigenvalue weighted by Gasteiger charge is 2.22. The highest BCUT2D eigenvalue weighted by Crippen LogP contribution is 2.26. The summed E-state index contributed by atoms with van der Waals surface area (Å²) in [6.07, 6.45) is 2.87. The average Bonchev–Trinajstić information content (AvgIpc) is 2.26. The summed E-state index contributed by atoms with van der Waals surface area (Å²) in [7, 11) is -1.02. The van der Waals surface area contributed by atoms with Gasteiger partial charge in [0.2, 0.25) is 5.82 Å². The number of nitriles is 1. The van der Waals surface area contributed by atoms with Crippen molar-refractivity contribution in [3.8, 4) is 6.07 Å². The lowest BCUT2D eigenvalue weighted by molar-refractivity contribution is -0.384. The Morgan fingerprint density at radius 2 is 2.39 bits per heavy atom. The lowest BCUT2D eigenvalue weighted by atomic mass is 10.2. The first kappa shape index (κ1) is 14.1. The molecule has 8 heteroatoms. The van der Waals surface area contributed by atoms with Crippen molar-refractivity contribution in [3.63, 3.8) is 0 Å². The van der Waals surface area contributed by atoms with Gasteiger partial charge in [-0.2, -0.15) is 5.26 Å². The molecule has 96 valence electrons.